The number of hydrogen-bond acceptors (Lipinski definition) is 6. The zero-order valence-electron chi connectivity index (χ0n) is 14.8. The lowest BCUT2D eigenvalue weighted by atomic mass is 10.0. The van der Waals surface area contributed by atoms with E-state index in [4.69, 9.17) is 4.74 Å². The minimum atomic E-state index is -0.509. The summed E-state index contributed by atoms with van der Waals surface area (Å²) in [5.41, 5.74) is 2.64. The van der Waals surface area contributed by atoms with Crippen LogP contribution in [-0.2, 0) is 0 Å². The Balaban J connectivity index is 1.71. The molecule has 1 aromatic carbocycles. The Hall–Kier alpha value is -3.14. The number of nitriles is 1. The van der Waals surface area contributed by atoms with Crippen LogP contribution in [0, 0.1) is 35.3 Å². The summed E-state index contributed by atoms with van der Waals surface area (Å²) < 4.78 is 6.02. The summed E-state index contributed by atoms with van der Waals surface area (Å²) >= 11 is 0. The van der Waals surface area contributed by atoms with Gasteiger partial charge in [-0.3, -0.25) is 10.1 Å². The molecule has 134 valence electrons. The van der Waals surface area contributed by atoms with Gasteiger partial charge in [0, 0.05) is 49.4 Å². The largest absolute Gasteiger partial charge is 0.474 e. The monoisotopic (exact) mass is 352 g/mol. The topological polar surface area (TPSA) is 92.3 Å². The van der Waals surface area contributed by atoms with Crippen molar-refractivity contribution in [1.82, 2.24) is 4.98 Å². The Bertz CT molecular complexity index is 868. The van der Waals surface area contributed by atoms with Crippen molar-refractivity contribution in [3.63, 3.8) is 0 Å². The molecule has 1 aromatic heterocycles. The van der Waals surface area contributed by atoms with Crippen LogP contribution in [0.1, 0.15) is 29.5 Å². The Labute approximate surface area is 152 Å². The van der Waals surface area contributed by atoms with E-state index < -0.39 is 4.92 Å². The van der Waals surface area contributed by atoms with E-state index in [1.54, 1.807) is 12.3 Å². The highest BCUT2D eigenvalue weighted by atomic mass is 16.6. The highest BCUT2D eigenvalue weighted by molar-refractivity contribution is 5.64. The molecule has 0 atom stereocenters. The molecule has 1 fully saturated rings. The molecule has 7 heteroatoms. The second-order valence-corrected chi connectivity index (χ2v) is 6.45. The SMILES string of the molecule is Cc1cc([N+](=O)[O-])c(C#N)cc1N1CCC(Oc2ncccc2C)CC1. The number of nitrogens with zero attached hydrogens (tertiary/aromatic N) is 4. The number of nitro groups is 1. The predicted molar refractivity (Wildman–Crippen MR) is 97.4 cm³/mol. The summed E-state index contributed by atoms with van der Waals surface area (Å²) in [7, 11) is 0. The van der Waals surface area contributed by atoms with E-state index in [0.717, 1.165) is 42.7 Å². The van der Waals surface area contributed by atoms with Crippen LogP contribution in [0.5, 0.6) is 5.88 Å². The number of anilines is 1. The maximum absolute atomic E-state index is 11.1. The average molecular weight is 352 g/mol. The fourth-order valence-corrected chi connectivity index (χ4v) is 3.23. The van der Waals surface area contributed by atoms with Gasteiger partial charge in [-0.05, 0) is 31.5 Å². The van der Waals surface area contributed by atoms with Crippen LogP contribution >= 0.6 is 0 Å². The summed E-state index contributed by atoms with van der Waals surface area (Å²) in [6.45, 7) is 5.34. The van der Waals surface area contributed by atoms with Gasteiger partial charge in [-0.1, -0.05) is 6.07 Å². The van der Waals surface area contributed by atoms with Crippen LogP contribution in [0.25, 0.3) is 0 Å². The van der Waals surface area contributed by atoms with E-state index in [2.05, 4.69) is 9.88 Å². The Morgan fingerprint density at radius 3 is 2.65 bits per heavy atom. The Morgan fingerprint density at radius 2 is 2.04 bits per heavy atom. The van der Waals surface area contributed by atoms with Crippen molar-refractivity contribution in [3.05, 3.63) is 57.3 Å². The van der Waals surface area contributed by atoms with Gasteiger partial charge >= 0.3 is 0 Å². The molecule has 2 heterocycles. The van der Waals surface area contributed by atoms with Crippen molar-refractivity contribution >= 4 is 11.4 Å². The molecule has 1 aliphatic rings. The smallest absolute Gasteiger partial charge is 0.287 e. The van der Waals surface area contributed by atoms with Crippen LogP contribution < -0.4 is 9.64 Å². The molecule has 0 N–H and O–H groups in total. The maximum atomic E-state index is 11.1. The number of pyridine rings is 1. The molecule has 3 rings (SSSR count). The first-order chi connectivity index (χ1) is 12.5. The predicted octanol–water partition coefficient (Wildman–Crippen LogP) is 3.53. The van der Waals surface area contributed by atoms with Crippen LogP contribution in [0.3, 0.4) is 0 Å². The summed E-state index contributed by atoms with van der Waals surface area (Å²) in [6, 6.07) is 8.89. The van der Waals surface area contributed by atoms with Crippen molar-refractivity contribution in [1.29, 1.82) is 5.26 Å². The molecule has 0 unspecified atom stereocenters. The lowest BCUT2D eigenvalue weighted by Crippen LogP contribution is -2.38. The van der Waals surface area contributed by atoms with Crippen LogP contribution in [0.15, 0.2) is 30.5 Å². The standard InChI is InChI=1S/C19H20N4O3/c1-13-4-3-7-21-19(13)26-16-5-8-22(9-6-16)17-11-15(12-20)18(23(24)25)10-14(17)2/h3-4,7,10-11,16H,5-6,8-9H2,1-2H3. The lowest BCUT2D eigenvalue weighted by molar-refractivity contribution is -0.385. The van der Waals surface area contributed by atoms with Gasteiger partial charge in [0.25, 0.3) is 5.69 Å². The van der Waals surface area contributed by atoms with E-state index in [-0.39, 0.29) is 17.4 Å². The van der Waals surface area contributed by atoms with E-state index >= 15 is 0 Å². The van der Waals surface area contributed by atoms with Crippen LogP contribution in [-0.4, -0.2) is 29.1 Å². The van der Waals surface area contributed by atoms with Crippen molar-refractivity contribution < 1.29 is 9.66 Å². The molecule has 26 heavy (non-hydrogen) atoms. The zero-order chi connectivity index (χ0) is 18.7. The van der Waals surface area contributed by atoms with Crippen molar-refractivity contribution in [2.24, 2.45) is 0 Å². The normalized spacial score (nSPS) is 14.7. The Kier molecular flexibility index (Phi) is 5.03. The van der Waals surface area contributed by atoms with E-state index in [0.29, 0.717) is 5.88 Å². The van der Waals surface area contributed by atoms with Gasteiger partial charge in [0.05, 0.1) is 4.92 Å². The number of nitro benzene ring substituents is 1. The molecule has 0 radical (unpaired) electrons. The van der Waals surface area contributed by atoms with Gasteiger partial charge in [-0.25, -0.2) is 4.98 Å². The highest BCUT2D eigenvalue weighted by Gasteiger charge is 2.25. The minimum absolute atomic E-state index is 0.0913. The number of rotatable bonds is 4. The third-order valence-electron chi connectivity index (χ3n) is 4.65. The zero-order valence-corrected chi connectivity index (χ0v) is 14.8. The number of piperidine rings is 1. The van der Waals surface area contributed by atoms with E-state index in [1.165, 1.54) is 6.07 Å². The van der Waals surface area contributed by atoms with Gasteiger partial charge in [0.15, 0.2) is 0 Å². The van der Waals surface area contributed by atoms with E-state index in [1.807, 2.05) is 32.0 Å². The summed E-state index contributed by atoms with van der Waals surface area (Å²) in [6.07, 6.45) is 3.47. The van der Waals surface area contributed by atoms with Crippen molar-refractivity contribution in [3.8, 4) is 11.9 Å². The van der Waals surface area contributed by atoms with Gasteiger partial charge in [0.1, 0.15) is 17.7 Å². The van der Waals surface area contributed by atoms with Crippen LogP contribution in [0.2, 0.25) is 0 Å². The van der Waals surface area contributed by atoms with Gasteiger partial charge in [0.2, 0.25) is 5.88 Å². The molecule has 0 spiro atoms. The summed E-state index contributed by atoms with van der Waals surface area (Å²) in [5, 5.41) is 20.3. The first-order valence-electron chi connectivity index (χ1n) is 8.52. The fraction of sp³-hybridized carbons (Fsp3) is 0.368. The number of ether oxygens (including phenoxy) is 1. The second-order valence-electron chi connectivity index (χ2n) is 6.45. The number of benzene rings is 1. The summed E-state index contributed by atoms with van der Waals surface area (Å²) in [4.78, 5) is 17.0. The van der Waals surface area contributed by atoms with Gasteiger partial charge < -0.3 is 9.64 Å². The molecule has 0 bridgehead atoms. The second kappa shape index (κ2) is 7.40. The molecule has 1 saturated heterocycles. The molecule has 2 aromatic rings. The fourth-order valence-electron chi connectivity index (χ4n) is 3.23. The third-order valence-corrected chi connectivity index (χ3v) is 4.65. The highest BCUT2D eigenvalue weighted by Crippen LogP contribution is 2.31. The number of hydrogen-bond donors (Lipinski definition) is 0. The summed E-state index contributed by atoms with van der Waals surface area (Å²) in [5.74, 6) is 0.671. The van der Waals surface area contributed by atoms with Crippen molar-refractivity contribution in [2.75, 3.05) is 18.0 Å². The molecular weight excluding hydrogens is 332 g/mol. The quantitative estimate of drug-likeness (QED) is 0.617. The van der Waals surface area contributed by atoms with Crippen LogP contribution in [0.4, 0.5) is 11.4 Å². The molecular formula is C19H20N4O3. The maximum Gasteiger partial charge on any atom is 0.287 e. The first kappa shape index (κ1) is 17.7. The van der Waals surface area contributed by atoms with Gasteiger partial charge in [-0.15, -0.1) is 0 Å². The third kappa shape index (κ3) is 3.59. The number of aromatic nitrogens is 1. The van der Waals surface area contributed by atoms with Gasteiger partial charge in [-0.2, -0.15) is 5.26 Å². The van der Waals surface area contributed by atoms with E-state index in [9.17, 15) is 15.4 Å². The minimum Gasteiger partial charge on any atom is -0.474 e. The Morgan fingerprint density at radius 1 is 1.31 bits per heavy atom. The molecule has 0 aliphatic carbocycles. The molecule has 7 nitrogen and oxygen atoms in total. The first-order valence-corrected chi connectivity index (χ1v) is 8.52. The number of aryl methyl sites for hydroxylation is 2. The molecule has 0 amide bonds. The van der Waals surface area contributed by atoms with Crippen molar-refractivity contribution in [2.45, 2.75) is 32.8 Å². The average Bonchev–Trinajstić information content (AvgIpc) is 2.64. The molecule has 1 aliphatic heterocycles. The molecule has 0 saturated carbocycles. The lowest BCUT2D eigenvalue weighted by Gasteiger charge is -2.34.